The average Bonchev–Trinajstić information content (AvgIpc) is 2.49. The predicted molar refractivity (Wildman–Crippen MR) is 40.8 cm³/mol. The van der Waals surface area contributed by atoms with Crippen LogP contribution < -0.4 is 0 Å². The zero-order valence-electron chi connectivity index (χ0n) is 5.98. The van der Waals surface area contributed by atoms with Crippen LogP contribution in [0.5, 0.6) is 0 Å². The van der Waals surface area contributed by atoms with Gasteiger partial charge in [0.25, 0.3) is 0 Å². The van der Waals surface area contributed by atoms with Crippen LogP contribution in [0.15, 0.2) is 18.7 Å². The van der Waals surface area contributed by atoms with Crippen molar-refractivity contribution in [2.45, 2.75) is 0 Å². The highest BCUT2D eigenvalue weighted by atomic mass is 16.4. The summed E-state index contributed by atoms with van der Waals surface area (Å²) in [6.07, 6.45) is 4.26. The molecule has 0 unspecified atom stereocenters. The van der Waals surface area contributed by atoms with E-state index < -0.39 is 5.97 Å². The Morgan fingerprint density at radius 3 is 3.08 bits per heavy atom. The third-order valence-electron chi connectivity index (χ3n) is 1.56. The molecule has 0 aliphatic heterocycles. The number of carbonyl (C=O) groups is 1. The summed E-state index contributed by atoms with van der Waals surface area (Å²) in [7, 11) is 0. The van der Waals surface area contributed by atoms with Gasteiger partial charge in [-0.1, -0.05) is 0 Å². The minimum absolute atomic E-state index is 0.119. The highest BCUT2D eigenvalue weighted by molar-refractivity contribution is 5.99. The summed E-state index contributed by atoms with van der Waals surface area (Å²) in [6.45, 7) is 0. The van der Waals surface area contributed by atoms with Gasteiger partial charge in [0.1, 0.15) is 11.1 Å². The quantitative estimate of drug-likeness (QED) is 0.647. The van der Waals surface area contributed by atoms with Crippen molar-refractivity contribution in [1.29, 1.82) is 0 Å². The molecule has 0 saturated heterocycles. The van der Waals surface area contributed by atoms with Gasteiger partial charge in [0, 0.05) is 6.20 Å². The third-order valence-corrected chi connectivity index (χ3v) is 1.56. The molecule has 2 aromatic rings. The first-order valence-corrected chi connectivity index (χ1v) is 3.29. The number of nitrogens with one attached hydrogen (secondary N) is 1. The lowest BCUT2D eigenvalue weighted by atomic mass is 10.2. The van der Waals surface area contributed by atoms with Crippen molar-refractivity contribution in [3.63, 3.8) is 0 Å². The van der Waals surface area contributed by atoms with E-state index in [-0.39, 0.29) is 5.56 Å². The number of aromatic nitrogens is 3. The number of nitrogens with zero attached hydrogens (tertiary/aromatic N) is 2. The zero-order chi connectivity index (χ0) is 8.55. The largest absolute Gasteiger partial charge is 0.478 e. The number of hydrogen-bond donors (Lipinski definition) is 2. The van der Waals surface area contributed by atoms with E-state index in [1.807, 2.05) is 0 Å². The molecular weight excluding hydrogens is 158 g/mol. The summed E-state index contributed by atoms with van der Waals surface area (Å²) < 4.78 is 0. The number of aromatic carboxylic acids is 1. The summed E-state index contributed by atoms with van der Waals surface area (Å²) in [4.78, 5) is 21.0. The Morgan fingerprint density at radius 1 is 1.50 bits per heavy atom. The van der Waals surface area contributed by atoms with Gasteiger partial charge in [-0.3, -0.25) is 4.98 Å². The molecule has 0 aliphatic rings. The second-order valence-electron chi connectivity index (χ2n) is 2.29. The summed E-state index contributed by atoms with van der Waals surface area (Å²) >= 11 is 0. The van der Waals surface area contributed by atoms with Crippen LogP contribution in [0.4, 0.5) is 0 Å². The fourth-order valence-electron chi connectivity index (χ4n) is 1.02. The van der Waals surface area contributed by atoms with Crippen LogP contribution in [-0.4, -0.2) is 26.0 Å². The van der Waals surface area contributed by atoms with Crippen LogP contribution in [0.3, 0.4) is 0 Å². The molecule has 12 heavy (non-hydrogen) atoms. The minimum Gasteiger partial charge on any atom is -0.478 e. The summed E-state index contributed by atoms with van der Waals surface area (Å²) in [5, 5.41) is 8.71. The van der Waals surface area contributed by atoms with E-state index in [1.165, 1.54) is 18.7 Å². The van der Waals surface area contributed by atoms with Gasteiger partial charge in [-0.05, 0) is 0 Å². The molecule has 5 heteroatoms. The van der Waals surface area contributed by atoms with Crippen LogP contribution in [0.25, 0.3) is 11.0 Å². The summed E-state index contributed by atoms with van der Waals surface area (Å²) in [5.74, 6) is -1.01. The lowest BCUT2D eigenvalue weighted by Gasteiger charge is -1.92. The molecule has 2 heterocycles. The molecule has 60 valence electrons. The number of fused-ring (bicyclic) bond motifs is 1. The fourth-order valence-corrected chi connectivity index (χ4v) is 1.02. The molecule has 0 aliphatic carbocycles. The van der Waals surface area contributed by atoms with Gasteiger partial charge in [-0.2, -0.15) is 0 Å². The van der Waals surface area contributed by atoms with Crippen LogP contribution in [0.2, 0.25) is 0 Å². The Labute approximate surface area is 67.1 Å². The zero-order valence-corrected chi connectivity index (χ0v) is 5.98. The Morgan fingerprint density at radius 2 is 2.33 bits per heavy atom. The van der Waals surface area contributed by atoms with Gasteiger partial charge in [0.15, 0.2) is 0 Å². The smallest absolute Gasteiger partial charge is 0.339 e. The summed E-state index contributed by atoms with van der Waals surface area (Å²) in [6, 6.07) is 0. The molecule has 5 nitrogen and oxygen atoms in total. The number of H-pyrrole nitrogens is 1. The fraction of sp³-hybridized carbons (Fsp3) is 0. The molecule has 0 aromatic carbocycles. The van der Waals surface area contributed by atoms with Gasteiger partial charge >= 0.3 is 5.97 Å². The number of pyridine rings is 1. The molecule has 0 fully saturated rings. The molecule has 0 amide bonds. The molecule has 0 saturated carbocycles. The average molecular weight is 163 g/mol. The van der Waals surface area contributed by atoms with Crippen LogP contribution in [-0.2, 0) is 0 Å². The van der Waals surface area contributed by atoms with E-state index in [9.17, 15) is 4.79 Å². The number of imidazole rings is 1. The van der Waals surface area contributed by atoms with E-state index in [1.54, 1.807) is 0 Å². The van der Waals surface area contributed by atoms with Crippen molar-refractivity contribution < 1.29 is 9.90 Å². The lowest BCUT2D eigenvalue weighted by molar-refractivity contribution is 0.0698. The Hall–Kier alpha value is -1.91. The van der Waals surface area contributed by atoms with Gasteiger partial charge in [-0.15, -0.1) is 0 Å². The highest BCUT2D eigenvalue weighted by Gasteiger charge is 2.09. The predicted octanol–water partition coefficient (Wildman–Crippen LogP) is 0.656. The van der Waals surface area contributed by atoms with Crippen LogP contribution >= 0.6 is 0 Å². The van der Waals surface area contributed by atoms with Crippen molar-refractivity contribution in [3.8, 4) is 0 Å². The van der Waals surface area contributed by atoms with E-state index in [0.29, 0.717) is 11.0 Å². The number of aromatic amines is 1. The highest BCUT2D eigenvalue weighted by Crippen LogP contribution is 2.11. The van der Waals surface area contributed by atoms with Crippen molar-refractivity contribution in [2.75, 3.05) is 0 Å². The molecule has 2 rings (SSSR count). The SMILES string of the molecule is O=C(O)c1cncc2[nH]cnc12. The standard InChI is InChI=1S/C7H5N3O2/c11-7(12)4-1-8-2-5-6(4)10-3-9-5/h1-3H,(H,9,10)(H,11,12). The Kier molecular flexibility index (Phi) is 1.30. The first-order valence-electron chi connectivity index (χ1n) is 3.29. The monoisotopic (exact) mass is 163 g/mol. The number of rotatable bonds is 1. The second-order valence-corrected chi connectivity index (χ2v) is 2.29. The maximum absolute atomic E-state index is 10.6. The Bertz CT molecular complexity index is 435. The number of carboxylic acids is 1. The van der Waals surface area contributed by atoms with Crippen molar-refractivity contribution in [2.24, 2.45) is 0 Å². The maximum Gasteiger partial charge on any atom is 0.339 e. The molecular formula is C7H5N3O2. The van der Waals surface area contributed by atoms with Crippen molar-refractivity contribution in [1.82, 2.24) is 15.0 Å². The lowest BCUT2D eigenvalue weighted by Crippen LogP contribution is -1.97. The van der Waals surface area contributed by atoms with Crippen molar-refractivity contribution >= 4 is 17.0 Å². The normalized spacial score (nSPS) is 10.3. The topological polar surface area (TPSA) is 78.9 Å². The molecule has 0 spiro atoms. The molecule has 0 bridgehead atoms. The van der Waals surface area contributed by atoms with E-state index in [4.69, 9.17) is 5.11 Å². The third kappa shape index (κ3) is 0.833. The van der Waals surface area contributed by atoms with E-state index >= 15 is 0 Å². The molecule has 0 atom stereocenters. The molecule has 2 aromatic heterocycles. The maximum atomic E-state index is 10.6. The van der Waals surface area contributed by atoms with Crippen LogP contribution in [0.1, 0.15) is 10.4 Å². The Balaban J connectivity index is 2.82. The van der Waals surface area contributed by atoms with Crippen LogP contribution in [0, 0.1) is 0 Å². The molecule has 2 N–H and O–H groups in total. The van der Waals surface area contributed by atoms with Gasteiger partial charge in [-0.25, -0.2) is 9.78 Å². The van der Waals surface area contributed by atoms with Gasteiger partial charge in [0.05, 0.1) is 18.0 Å². The molecule has 0 radical (unpaired) electrons. The first-order chi connectivity index (χ1) is 5.79. The second kappa shape index (κ2) is 2.30. The van der Waals surface area contributed by atoms with Crippen molar-refractivity contribution in [3.05, 3.63) is 24.3 Å². The number of carboxylic acid groups (broad SMARTS) is 1. The van der Waals surface area contributed by atoms with E-state index in [2.05, 4.69) is 15.0 Å². The first kappa shape index (κ1) is 6.78. The summed E-state index contributed by atoms with van der Waals surface area (Å²) in [5.41, 5.74) is 1.20. The van der Waals surface area contributed by atoms with Gasteiger partial charge < -0.3 is 10.1 Å². The van der Waals surface area contributed by atoms with E-state index in [0.717, 1.165) is 0 Å². The number of hydrogen-bond acceptors (Lipinski definition) is 3. The van der Waals surface area contributed by atoms with Gasteiger partial charge in [0.2, 0.25) is 0 Å². The minimum atomic E-state index is -1.01.